The van der Waals surface area contributed by atoms with Gasteiger partial charge in [0.05, 0.1) is 12.1 Å². The number of rotatable bonds is 6. The van der Waals surface area contributed by atoms with Crippen LogP contribution in [0, 0.1) is 0 Å². The third-order valence-electron chi connectivity index (χ3n) is 2.62. The van der Waals surface area contributed by atoms with Gasteiger partial charge < -0.3 is 14.8 Å². The van der Waals surface area contributed by atoms with E-state index in [-0.39, 0.29) is 5.91 Å². The molecule has 0 radical (unpaired) electrons. The maximum Gasteiger partial charge on any atom is 0.256 e. The largest absolute Gasteiger partial charge is 0.495 e. The molecule has 1 aromatic rings. The zero-order chi connectivity index (χ0) is 14.5. The SMILES string of the molecule is CCCOC(C)(C)C(=O)Nc1ccc(OC)c(Cl)c1. The number of halogens is 1. The summed E-state index contributed by atoms with van der Waals surface area (Å²) in [4.78, 5) is 12.1. The average molecular weight is 286 g/mol. The Kier molecular flexibility index (Phi) is 5.63. The van der Waals surface area contributed by atoms with Crippen molar-refractivity contribution in [3.8, 4) is 5.75 Å². The van der Waals surface area contributed by atoms with Crippen molar-refractivity contribution < 1.29 is 14.3 Å². The zero-order valence-electron chi connectivity index (χ0n) is 11.7. The van der Waals surface area contributed by atoms with E-state index in [1.807, 2.05) is 6.92 Å². The third-order valence-corrected chi connectivity index (χ3v) is 2.92. The lowest BCUT2D eigenvalue weighted by molar-refractivity contribution is -0.137. The molecule has 5 heteroatoms. The molecule has 0 aromatic heterocycles. The highest BCUT2D eigenvalue weighted by Crippen LogP contribution is 2.27. The first-order valence-electron chi connectivity index (χ1n) is 6.19. The fourth-order valence-electron chi connectivity index (χ4n) is 1.45. The number of methoxy groups -OCH3 is 1. The summed E-state index contributed by atoms with van der Waals surface area (Å²) in [7, 11) is 1.54. The zero-order valence-corrected chi connectivity index (χ0v) is 12.5. The first-order chi connectivity index (χ1) is 8.90. The average Bonchev–Trinajstić information content (AvgIpc) is 2.36. The number of anilines is 1. The van der Waals surface area contributed by atoms with Crippen molar-refractivity contribution in [3.05, 3.63) is 23.2 Å². The number of carbonyl (C=O) groups is 1. The predicted octanol–water partition coefficient (Wildman–Crippen LogP) is 3.49. The van der Waals surface area contributed by atoms with Gasteiger partial charge in [-0.2, -0.15) is 0 Å². The van der Waals surface area contributed by atoms with Gasteiger partial charge in [0.15, 0.2) is 0 Å². The summed E-state index contributed by atoms with van der Waals surface area (Å²) in [6.07, 6.45) is 0.866. The van der Waals surface area contributed by atoms with Crippen LogP contribution in [0.4, 0.5) is 5.69 Å². The summed E-state index contributed by atoms with van der Waals surface area (Å²) >= 11 is 6.00. The third kappa shape index (κ3) is 4.40. The highest BCUT2D eigenvalue weighted by atomic mass is 35.5. The Morgan fingerprint density at radius 2 is 2.11 bits per heavy atom. The maximum atomic E-state index is 12.1. The molecule has 4 nitrogen and oxygen atoms in total. The minimum Gasteiger partial charge on any atom is -0.495 e. The predicted molar refractivity (Wildman–Crippen MR) is 77.0 cm³/mol. The number of benzene rings is 1. The number of ether oxygens (including phenoxy) is 2. The second-order valence-corrected chi connectivity index (χ2v) is 5.07. The normalized spacial score (nSPS) is 11.2. The quantitative estimate of drug-likeness (QED) is 0.870. The van der Waals surface area contributed by atoms with E-state index in [4.69, 9.17) is 21.1 Å². The van der Waals surface area contributed by atoms with E-state index in [1.54, 1.807) is 39.2 Å². The molecule has 0 saturated heterocycles. The summed E-state index contributed by atoms with van der Waals surface area (Å²) in [5.74, 6) is 0.364. The molecule has 0 fully saturated rings. The highest BCUT2D eigenvalue weighted by Gasteiger charge is 2.28. The Bertz CT molecular complexity index is 446. The van der Waals surface area contributed by atoms with Gasteiger partial charge >= 0.3 is 0 Å². The summed E-state index contributed by atoms with van der Waals surface area (Å²) in [6.45, 7) is 6.02. The van der Waals surface area contributed by atoms with Crippen LogP contribution in [-0.4, -0.2) is 25.2 Å². The van der Waals surface area contributed by atoms with Crippen LogP contribution in [0.15, 0.2) is 18.2 Å². The van der Waals surface area contributed by atoms with Gasteiger partial charge in [-0.3, -0.25) is 4.79 Å². The summed E-state index contributed by atoms with van der Waals surface area (Å²) in [5, 5.41) is 3.23. The minimum absolute atomic E-state index is 0.206. The van der Waals surface area contributed by atoms with Crippen LogP contribution in [0.1, 0.15) is 27.2 Å². The van der Waals surface area contributed by atoms with Crippen molar-refractivity contribution in [1.29, 1.82) is 0 Å². The van der Waals surface area contributed by atoms with Gasteiger partial charge in [0.2, 0.25) is 0 Å². The number of carbonyl (C=O) groups excluding carboxylic acids is 1. The lowest BCUT2D eigenvalue weighted by Crippen LogP contribution is -2.40. The summed E-state index contributed by atoms with van der Waals surface area (Å²) in [6, 6.07) is 5.09. The molecule has 0 unspecified atom stereocenters. The van der Waals surface area contributed by atoms with Crippen LogP contribution in [-0.2, 0) is 9.53 Å². The lowest BCUT2D eigenvalue weighted by atomic mass is 10.1. The van der Waals surface area contributed by atoms with E-state index in [9.17, 15) is 4.79 Å². The Labute approximate surface area is 119 Å². The van der Waals surface area contributed by atoms with E-state index in [2.05, 4.69) is 5.32 Å². The fraction of sp³-hybridized carbons (Fsp3) is 0.500. The minimum atomic E-state index is -0.873. The molecule has 0 atom stereocenters. The molecule has 1 aromatic carbocycles. The standard InChI is InChI=1S/C14H20ClNO3/c1-5-8-19-14(2,3)13(17)16-10-6-7-12(18-4)11(15)9-10/h6-7,9H,5,8H2,1-4H3,(H,16,17). The maximum absolute atomic E-state index is 12.1. The van der Waals surface area contributed by atoms with E-state index < -0.39 is 5.60 Å². The van der Waals surface area contributed by atoms with Gasteiger partial charge in [-0.25, -0.2) is 0 Å². The number of amides is 1. The smallest absolute Gasteiger partial charge is 0.256 e. The Balaban J connectivity index is 2.73. The van der Waals surface area contributed by atoms with Gasteiger partial charge in [-0.15, -0.1) is 0 Å². The Morgan fingerprint density at radius 3 is 2.63 bits per heavy atom. The van der Waals surface area contributed by atoms with E-state index in [1.165, 1.54) is 0 Å². The molecule has 0 aliphatic carbocycles. The van der Waals surface area contributed by atoms with Crippen LogP contribution in [0.2, 0.25) is 5.02 Å². The van der Waals surface area contributed by atoms with Crippen molar-refractivity contribution >= 4 is 23.2 Å². The fourth-order valence-corrected chi connectivity index (χ4v) is 1.71. The van der Waals surface area contributed by atoms with Gasteiger partial charge in [-0.1, -0.05) is 18.5 Å². The van der Waals surface area contributed by atoms with Gasteiger partial charge in [-0.05, 0) is 38.5 Å². The second kappa shape index (κ2) is 6.78. The molecule has 1 amide bonds. The monoisotopic (exact) mass is 285 g/mol. The van der Waals surface area contributed by atoms with Crippen LogP contribution in [0.3, 0.4) is 0 Å². The molecule has 0 aliphatic rings. The van der Waals surface area contributed by atoms with Crippen molar-refractivity contribution in [2.24, 2.45) is 0 Å². The first-order valence-corrected chi connectivity index (χ1v) is 6.57. The van der Waals surface area contributed by atoms with Crippen molar-refractivity contribution in [1.82, 2.24) is 0 Å². The van der Waals surface area contributed by atoms with Gasteiger partial charge in [0.25, 0.3) is 5.91 Å². The summed E-state index contributed by atoms with van der Waals surface area (Å²) < 4.78 is 10.6. The number of hydrogen-bond donors (Lipinski definition) is 1. The van der Waals surface area contributed by atoms with Gasteiger partial charge in [0, 0.05) is 12.3 Å². The van der Waals surface area contributed by atoms with Crippen molar-refractivity contribution in [2.75, 3.05) is 19.0 Å². The van der Waals surface area contributed by atoms with Crippen molar-refractivity contribution in [2.45, 2.75) is 32.8 Å². The molecular weight excluding hydrogens is 266 g/mol. The molecule has 0 saturated carbocycles. The van der Waals surface area contributed by atoms with Gasteiger partial charge in [0.1, 0.15) is 11.4 Å². The molecule has 0 spiro atoms. The Hall–Kier alpha value is -1.26. The molecule has 106 valence electrons. The molecule has 19 heavy (non-hydrogen) atoms. The molecule has 1 N–H and O–H groups in total. The summed E-state index contributed by atoms with van der Waals surface area (Å²) in [5.41, 5.74) is -0.258. The molecule has 0 aliphatic heterocycles. The second-order valence-electron chi connectivity index (χ2n) is 4.66. The van der Waals surface area contributed by atoms with Crippen LogP contribution >= 0.6 is 11.6 Å². The Morgan fingerprint density at radius 1 is 1.42 bits per heavy atom. The highest BCUT2D eigenvalue weighted by molar-refractivity contribution is 6.32. The van der Waals surface area contributed by atoms with Crippen LogP contribution in [0.25, 0.3) is 0 Å². The lowest BCUT2D eigenvalue weighted by Gasteiger charge is -2.24. The van der Waals surface area contributed by atoms with E-state index in [0.717, 1.165) is 6.42 Å². The molecule has 1 rings (SSSR count). The van der Waals surface area contributed by atoms with E-state index in [0.29, 0.717) is 23.1 Å². The first kappa shape index (κ1) is 15.8. The number of hydrogen-bond acceptors (Lipinski definition) is 3. The van der Waals surface area contributed by atoms with Crippen molar-refractivity contribution in [3.63, 3.8) is 0 Å². The topological polar surface area (TPSA) is 47.6 Å². The van der Waals surface area contributed by atoms with E-state index >= 15 is 0 Å². The van der Waals surface area contributed by atoms with Crippen LogP contribution in [0.5, 0.6) is 5.75 Å². The molecule has 0 heterocycles. The number of nitrogens with one attached hydrogen (secondary N) is 1. The molecular formula is C14H20ClNO3. The van der Waals surface area contributed by atoms with Crippen LogP contribution < -0.4 is 10.1 Å². The molecule has 0 bridgehead atoms.